The monoisotopic (exact) mass is 278 g/mol. The number of ether oxygens (including phenoxy) is 1. The lowest BCUT2D eigenvalue weighted by molar-refractivity contribution is -0.130. The Morgan fingerprint density at radius 1 is 1.15 bits per heavy atom. The summed E-state index contributed by atoms with van der Waals surface area (Å²) in [4.78, 5) is 14.0. The largest absolute Gasteiger partial charge is 0.497 e. The van der Waals surface area contributed by atoms with Crippen LogP contribution >= 0.6 is 0 Å². The van der Waals surface area contributed by atoms with Gasteiger partial charge in [-0.1, -0.05) is 26.0 Å². The molecule has 0 aromatic heterocycles. The molecule has 0 saturated heterocycles. The number of benzene rings is 1. The van der Waals surface area contributed by atoms with Gasteiger partial charge in [0.1, 0.15) is 5.75 Å². The Morgan fingerprint density at radius 2 is 1.75 bits per heavy atom. The summed E-state index contributed by atoms with van der Waals surface area (Å²) in [5.41, 5.74) is 1.15. The number of nitrogens with one attached hydrogen (secondary N) is 1. The van der Waals surface area contributed by atoms with Gasteiger partial charge in [0.15, 0.2) is 0 Å². The van der Waals surface area contributed by atoms with Crippen LogP contribution in [0.2, 0.25) is 0 Å². The lowest BCUT2D eigenvalue weighted by Gasteiger charge is -2.21. The second kappa shape index (κ2) is 9.37. The predicted molar refractivity (Wildman–Crippen MR) is 81.9 cm³/mol. The van der Waals surface area contributed by atoms with E-state index in [-0.39, 0.29) is 5.91 Å². The molecule has 0 aliphatic heterocycles. The normalized spacial score (nSPS) is 10.3. The highest BCUT2D eigenvalue weighted by Gasteiger charge is 2.10. The molecule has 0 unspecified atom stereocenters. The minimum absolute atomic E-state index is 0.183. The first kappa shape index (κ1) is 16.5. The smallest absolute Gasteiger partial charge is 0.236 e. The van der Waals surface area contributed by atoms with Crippen molar-refractivity contribution < 1.29 is 9.53 Å². The highest BCUT2D eigenvalue weighted by atomic mass is 16.5. The number of amides is 1. The summed E-state index contributed by atoms with van der Waals surface area (Å²) in [5.74, 6) is 1.03. The summed E-state index contributed by atoms with van der Waals surface area (Å²) in [5, 5.41) is 3.20. The highest BCUT2D eigenvalue weighted by Crippen LogP contribution is 2.10. The standard InChI is InChI=1S/C16H26N2O2/c1-4-10-18(11-5-2)16(19)13-17-12-14-6-8-15(20-3)9-7-14/h6-9,17H,4-5,10-13H2,1-3H3. The van der Waals surface area contributed by atoms with Gasteiger partial charge in [-0.15, -0.1) is 0 Å². The minimum atomic E-state index is 0.183. The number of carbonyl (C=O) groups is 1. The number of hydrogen-bond donors (Lipinski definition) is 1. The maximum Gasteiger partial charge on any atom is 0.236 e. The van der Waals surface area contributed by atoms with E-state index >= 15 is 0 Å². The van der Waals surface area contributed by atoms with Gasteiger partial charge < -0.3 is 15.0 Å². The van der Waals surface area contributed by atoms with Crippen molar-refractivity contribution in [3.05, 3.63) is 29.8 Å². The lowest BCUT2D eigenvalue weighted by Crippen LogP contribution is -2.38. The molecule has 0 heterocycles. The molecule has 4 heteroatoms. The third kappa shape index (κ3) is 5.61. The molecule has 0 aliphatic carbocycles. The Bertz CT molecular complexity index is 384. The zero-order valence-electron chi connectivity index (χ0n) is 12.8. The van der Waals surface area contributed by atoms with E-state index in [9.17, 15) is 4.79 Å². The fraction of sp³-hybridized carbons (Fsp3) is 0.562. The number of carbonyl (C=O) groups excluding carboxylic acids is 1. The van der Waals surface area contributed by atoms with E-state index in [1.807, 2.05) is 29.2 Å². The summed E-state index contributed by atoms with van der Waals surface area (Å²) in [6.07, 6.45) is 2.01. The highest BCUT2D eigenvalue weighted by molar-refractivity contribution is 5.78. The van der Waals surface area contributed by atoms with Gasteiger partial charge in [0.2, 0.25) is 5.91 Å². The average molecular weight is 278 g/mol. The van der Waals surface area contributed by atoms with Gasteiger partial charge in [-0.05, 0) is 30.5 Å². The van der Waals surface area contributed by atoms with Gasteiger partial charge in [-0.2, -0.15) is 0 Å². The first-order valence-corrected chi connectivity index (χ1v) is 7.32. The van der Waals surface area contributed by atoms with Gasteiger partial charge in [-0.25, -0.2) is 0 Å². The van der Waals surface area contributed by atoms with Gasteiger partial charge in [-0.3, -0.25) is 4.79 Å². The van der Waals surface area contributed by atoms with Crippen LogP contribution in [-0.2, 0) is 11.3 Å². The quantitative estimate of drug-likeness (QED) is 0.754. The molecule has 112 valence electrons. The molecule has 4 nitrogen and oxygen atoms in total. The molecule has 0 spiro atoms. The van der Waals surface area contributed by atoms with Crippen LogP contribution in [-0.4, -0.2) is 37.6 Å². The van der Waals surface area contributed by atoms with Crippen LogP contribution in [0.5, 0.6) is 5.75 Å². The fourth-order valence-electron chi connectivity index (χ4n) is 2.07. The average Bonchev–Trinajstić information content (AvgIpc) is 2.47. The molecule has 0 saturated carbocycles. The van der Waals surface area contributed by atoms with E-state index < -0.39 is 0 Å². The summed E-state index contributed by atoms with van der Waals surface area (Å²) in [6, 6.07) is 7.87. The molecule has 1 aromatic carbocycles. The molecule has 1 N–H and O–H groups in total. The van der Waals surface area contributed by atoms with Crippen LogP contribution < -0.4 is 10.1 Å². The second-order valence-electron chi connectivity index (χ2n) is 4.83. The molecule has 0 aliphatic rings. The molecule has 0 radical (unpaired) electrons. The molecule has 1 rings (SSSR count). The van der Waals surface area contributed by atoms with Crippen molar-refractivity contribution in [2.45, 2.75) is 33.2 Å². The molecule has 0 fully saturated rings. The van der Waals surface area contributed by atoms with Crippen LogP contribution in [0.1, 0.15) is 32.3 Å². The van der Waals surface area contributed by atoms with Crippen molar-refractivity contribution in [1.82, 2.24) is 10.2 Å². The topological polar surface area (TPSA) is 41.6 Å². The molecular formula is C16H26N2O2. The third-order valence-corrected chi connectivity index (χ3v) is 3.10. The van der Waals surface area contributed by atoms with Crippen LogP contribution in [0.15, 0.2) is 24.3 Å². The third-order valence-electron chi connectivity index (χ3n) is 3.10. The van der Waals surface area contributed by atoms with Gasteiger partial charge >= 0.3 is 0 Å². The van der Waals surface area contributed by atoms with Crippen LogP contribution in [0.25, 0.3) is 0 Å². The molecule has 1 aromatic rings. The van der Waals surface area contributed by atoms with Gasteiger partial charge in [0.25, 0.3) is 0 Å². The first-order chi connectivity index (χ1) is 9.71. The Hall–Kier alpha value is -1.55. The summed E-state index contributed by atoms with van der Waals surface area (Å²) in [6.45, 7) is 6.98. The van der Waals surface area contributed by atoms with Crippen molar-refractivity contribution in [1.29, 1.82) is 0 Å². The maximum atomic E-state index is 12.1. The van der Waals surface area contributed by atoms with E-state index in [2.05, 4.69) is 19.2 Å². The lowest BCUT2D eigenvalue weighted by atomic mass is 10.2. The first-order valence-electron chi connectivity index (χ1n) is 7.32. The van der Waals surface area contributed by atoms with Gasteiger partial charge in [0.05, 0.1) is 13.7 Å². The van der Waals surface area contributed by atoms with Crippen LogP contribution in [0.3, 0.4) is 0 Å². The Balaban J connectivity index is 2.35. The number of hydrogen-bond acceptors (Lipinski definition) is 3. The van der Waals surface area contributed by atoms with E-state index in [1.54, 1.807) is 7.11 Å². The zero-order chi connectivity index (χ0) is 14.8. The summed E-state index contributed by atoms with van der Waals surface area (Å²) < 4.78 is 5.12. The molecule has 0 atom stereocenters. The van der Waals surface area contributed by atoms with Crippen molar-refractivity contribution >= 4 is 5.91 Å². The van der Waals surface area contributed by atoms with Crippen molar-refractivity contribution in [2.75, 3.05) is 26.7 Å². The zero-order valence-corrected chi connectivity index (χ0v) is 12.8. The van der Waals surface area contributed by atoms with Gasteiger partial charge in [0, 0.05) is 19.6 Å². The summed E-state index contributed by atoms with van der Waals surface area (Å²) in [7, 11) is 1.65. The number of rotatable bonds is 9. The Labute approximate surface area is 122 Å². The number of nitrogens with zero attached hydrogens (tertiary/aromatic N) is 1. The minimum Gasteiger partial charge on any atom is -0.497 e. The SMILES string of the molecule is CCCN(CCC)C(=O)CNCc1ccc(OC)cc1. The molecule has 20 heavy (non-hydrogen) atoms. The van der Waals surface area contributed by atoms with Crippen LogP contribution in [0, 0.1) is 0 Å². The molecular weight excluding hydrogens is 252 g/mol. The molecule has 0 bridgehead atoms. The van der Waals surface area contributed by atoms with Crippen LogP contribution in [0.4, 0.5) is 0 Å². The van der Waals surface area contributed by atoms with Crippen molar-refractivity contribution in [3.8, 4) is 5.75 Å². The second-order valence-corrected chi connectivity index (χ2v) is 4.83. The number of methoxy groups -OCH3 is 1. The fourth-order valence-corrected chi connectivity index (χ4v) is 2.07. The van der Waals surface area contributed by atoms with Crippen molar-refractivity contribution in [2.24, 2.45) is 0 Å². The predicted octanol–water partition coefficient (Wildman–Crippen LogP) is 2.43. The Morgan fingerprint density at radius 3 is 2.25 bits per heavy atom. The van der Waals surface area contributed by atoms with E-state index in [4.69, 9.17) is 4.74 Å². The van der Waals surface area contributed by atoms with E-state index in [0.717, 1.165) is 37.2 Å². The van der Waals surface area contributed by atoms with Crippen molar-refractivity contribution in [3.63, 3.8) is 0 Å². The molecule has 1 amide bonds. The maximum absolute atomic E-state index is 12.1. The van der Waals surface area contributed by atoms with E-state index in [1.165, 1.54) is 0 Å². The van der Waals surface area contributed by atoms with E-state index in [0.29, 0.717) is 13.1 Å². The summed E-state index contributed by atoms with van der Waals surface area (Å²) >= 11 is 0. The Kier molecular flexibility index (Phi) is 7.73.